The first kappa shape index (κ1) is 12.3. The van der Waals surface area contributed by atoms with Crippen molar-refractivity contribution in [2.45, 2.75) is 38.1 Å². The standard InChI is InChI=1S/C13H27N3/c1-3-4-7-15(2)13(11-14)6-9-16-8-5-12(13)10-16/h12H,3-11,14H2,1-2H3. The van der Waals surface area contributed by atoms with E-state index < -0.39 is 0 Å². The Hall–Kier alpha value is -0.120. The van der Waals surface area contributed by atoms with Gasteiger partial charge in [-0.2, -0.15) is 0 Å². The van der Waals surface area contributed by atoms with Crippen LogP contribution in [0.5, 0.6) is 0 Å². The summed E-state index contributed by atoms with van der Waals surface area (Å²) in [6.07, 6.45) is 5.21. The van der Waals surface area contributed by atoms with Gasteiger partial charge in [-0.25, -0.2) is 0 Å². The average Bonchev–Trinajstić information content (AvgIpc) is 2.71. The molecular formula is C13H27N3. The Labute approximate surface area is 100.0 Å². The summed E-state index contributed by atoms with van der Waals surface area (Å²) < 4.78 is 0. The molecule has 2 aliphatic heterocycles. The molecule has 0 spiro atoms. The van der Waals surface area contributed by atoms with Crippen molar-refractivity contribution in [3.05, 3.63) is 0 Å². The van der Waals surface area contributed by atoms with Gasteiger partial charge in [0.15, 0.2) is 0 Å². The monoisotopic (exact) mass is 225 g/mol. The number of hydrogen-bond acceptors (Lipinski definition) is 3. The molecule has 2 N–H and O–H groups in total. The summed E-state index contributed by atoms with van der Waals surface area (Å²) in [7, 11) is 2.29. The van der Waals surface area contributed by atoms with Crippen molar-refractivity contribution in [1.29, 1.82) is 0 Å². The lowest BCUT2D eigenvalue weighted by Gasteiger charge is -2.48. The van der Waals surface area contributed by atoms with Gasteiger partial charge in [0.25, 0.3) is 0 Å². The highest BCUT2D eigenvalue weighted by Crippen LogP contribution is 2.38. The summed E-state index contributed by atoms with van der Waals surface area (Å²) >= 11 is 0. The molecule has 0 saturated carbocycles. The van der Waals surface area contributed by atoms with E-state index in [2.05, 4.69) is 23.8 Å². The summed E-state index contributed by atoms with van der Waals surface area (Å²) in [6.45, 7) is 8.16. The smallest absolute Gasteiger partial charge is 0.0381 e. The molecule has 2 heterocycles. The van der Waals surface area contributed by atoms with Crippen molar-refractivity contribution in [1.82, 2.24) is 9.80 Å². The van der Waals surface area contributed by atoms with Gasteiger partial charge in [-0.3, -0.25) is 4.90 Å². The highest BCUT2D eigenvalue weighted by atomic mass is 15.3. The first-order valence-electron chi connectivity index (χ1n) is 6.86. The van der Waals surface area contributed by atoms with Gasteiger partial charge in [-0.15, -0.1) is 0 Å². The number of fused-ring (bicyclic) bond motifs is 2. The number of piperidine rings is 1. The van der Waals surface area contributed by atoms with Gasteiger partial charge >= 0.3 is 0 Å². The second kappa shape index (κ2) is 5.03. The van der Waals surface area contributed by atoms with E-state index in [0.29, 0.717) is 5.54 Å². The van der Waals surface area contributed by atoms with Gasteiger partial charge in [-0.05, 0) is 51.9 Å². The summed E-state index contributed by atoms with van der Waals surface area (Å²) in [4.78, 5) is 5.18. The van der Waals surface area contributed by atoms with Crippen molar-refractivity contribution in [3.8, 4) is 0 Å². The highest BCUT2D eigenvalue weighted by Gasteiger charge is 2.47. The van der Waals surface area contributed by atoms with Gasteiger partial charge in [0, 0.05) is 18.6 Å². The molecule has 2 bridgehead atoms. The Morgan fingerprint density at radius 1 is 1.44 bits per heavy atom. The zero-order valence-electron chi connectivity index (χ0n) is 10.9. The first-order valence-corrected chi connectivity index (χ1v) is 6.86. The van der Waals surface area contributed by atoms with Crippen molar-refractivity contribution in [3.63, 3.8) is 0 Å². The van der Waals surface area contributed by atoms with E-state index in [4.69, 9.17) is 5.73 Å². The third-order valence-corrected chi connectivity index (χ3v) is 4.85. The zero-order valence-corrected chi connectivity index (χ0v) is 10.9. The number of likely N-dealkylation sites (N-methyl/N-ethyl adjacent to an activating group) is 1. The molecular weight excluding hydrogens is 198 g/mol. The van der Waals surface area contributed by atoms with E-state index in [9.17, 15) is 0 Å². The van der Waals surface area contributed by atoms with Gasteiger partial charge < -0.3 is 10.6 Å². The van der Waals surface area contributed by atoms with Crippen LogP contribution in [0.1, 0.15) is 32.6 Å². The molecule has 2 fully saturated rings. The van der Waals surface area contributed by atoms with E-state index >= 15 is 0 Å². The summed E-state index contributed by atoms with van der Waals surface area (Å²) in [5.41, 5.74) is 6.44. The molecule has 3 nitrogen and oxygen atoms in total. The normalized spacial score (nSPS) is 38.2. The maximum absolute atomic E-state index is 6.14. The maximum atomic E-state index is 6.14. The molecule has 0 radical (unpaired) electrons. The highest BCUT2D eigenvalue weighted by molar-refractivity contribution is 5.04. The molecule has 2 aliphatic rings. The van der Waals surface area contributed by atoms with Crippen LogP contribution in [0.4, 0.5) is 0 Å². The number of nitrogens with two attached hydrogens (primary N) is 1. The maximum Gasteiger partial charge on any atom is 0.0381 e. The zero-order chi connectivity index (χ0) is 11.6. The Bertz CT molecular complexity index is 231. The molecule has 0 aromatic rings. The molecule has 2 saturated heterocycles. The van der Waals surface area contributed by atoms with Crippen molar-refractivity contribution >= 4 is 0 Å². The van der Waals surface area contributed by atoms with Crippen LogP contribution in [0, 0.1) is 5.92 Å². The minimum Gasteiger partial charge on any atom is -0.329 e. The minimum atomic E-state index is 0.308. The van der Waals surface area contributed by atoms with Gasteiger partial charge in [0.05, 0.1) is 0 Å². The van der Waals surface area contributed by atoms with Crippen LogP contribution in [-0.4, -0.2) is 55.1 Å². The summed E-state index contributed by atoms with van der Waals surface area (Å²) in [5.74, 6) is 0.813. The third-order valence-electron chi connectivity index (χ3n) is 4.85. The van der Waals surface area contributed by atoms with Crippen LogP contribution in [0.3, 0.4) is 0 Å². The van der Waals surface area contributed by atoms with Crippen LogP contribution in [0.25, 0.3) is 0 Å². The first-order chi connectivity index (χ1) is 7.73. The molecule has 3 unspecified atom stereocenters. The van der Waals surface area contributed by atoms with Crippen molar-refractivity contribution in [2.24, 2.45) is 11.7 Å². The summed E-state index contributed by atoms with van der Waals surface area (Å²) in [6, 6.07) is 0. The third kappa shape index (κ3) is 2.01. The lowest BCUT2D eigenvalue weighted by molar-refractivity contribution is 0.0260. The molecule has 3 heteroatoms. The van der Waals surface area contributed by atoms with Crippen molar-refractivity contribution in [2.75, 3.05) is 39.8 Å². The number of rotatable bonds is 5. The fourth-order valence-electron chi connectivity index (χ4n) is 3.58. The van der Waals surface area contributed by atoms with E-state index in [1.807, 2.05) is 0 Å². The molecule has 0 aromatic carbocycles. The lowest BCUT2D eigenvalue weighted by Crippen LogP contribution is -2.61. The van der Waals surface area contributed by atoms with Crippen LogP contribution in [-0.2, 0) is 0 Å². The number of unbranched alkanes of at least 4 members (excludes halogenated alkanes) is 1. The molecule has 0 aromatic heterocycles. The Balaban J connectivity index is 2.05. The van der Waals surface area contributed by atoms with E-state index in [1.165, 1.54) is 51.9 Å². The Morgan fingerprint density at radius 2 is 2.25 bits per heavy atom. The SMILES string of the molecule is CCCCN(C)C1(CN)CCN2CCC1C2. The van der Waals surface area contributed by atoms with Crippen LogP contribution in [0.15, 0.2) is 0 Å². The van der Waals surface area contributed by atoms with Crippen molar-refractivity contribution < 1.29 is 0 Å². The average molecular weight is 225 g/mol. The second-order valence-electron chi connectivity index (χ2n) is 5.62. The topological polar surface area (TPSA) is 32.5 Å². The van der Waals surface area contributed by atoms with Gasteiger partial charge in [0.1, 0.15) is 0 Å². The molecule has 0 aliphatic carbocycles. The molecule has 16 heavy (non-hydrogen) atoms. The van der Waals surface area contributed by atoms with Crippen LogP contribution in [0.2, 0.25) is 0 Å². The van der Waals surface area contributed by atoms with Gasteiger partial charge in [-0.1, -0.05) is 13.3 Å². The van der Waals surface area contributed by atoms with E-state index in [-0.39, 0.29) is 0 Å². The van der Waals surface area contributed by atoms with E-state index in [1.54, 1.807) is 0 Å². The minimum absolute atomic E-state index is 0.308. The number of hydrogen-bond donors (Lipinski definition) is 1. The quantitative estimate of drug-likeness (QED) is 0.761. The Kier molecular flexibility index (Phi) is 3.88. The fraction of sp³-hybridized carbons (Fsp3) is 1.00. The van der Waals surface area contributed by atoms with Gasteiger partial charge in [0.2, 0.25) is 0 Å². The molecule has 94 valence electrons. The predicted molar refractivity (Wildman–Crippen MR) is 68.5 cm³/mol. The Morgan fingerprint density at radius 3 is 2.94 bits per heavy atom. The van der Waals surface area contributed by atoms with Crippen LogP contribution < -0.4 is 5.73 Å². The summed E-state index contributed by atoms with van der Waals surface area (Å²) in [5, 5.41) is 0. The molecule has 2 rings (SSSR count). The largest absolute Gasteiger partial charge is 0.329 e. The van der Waals surface area contributed by atoms with Crippen LogP contribution >= 0.6 is 0 Å². The second-order valence-corrected chi connectivity index (χ2v) is 5.62. The molecule has 0 amide bonds. The number of nitrogens with zero attached hydrogens (tertiary/aromatic N) is 2. The fourth-order valence-corrected chi connectivity index (χ4v) is 3.58. The lowest BCUT2D eigenvalue weighted by atomic mass is 9.77. The molecule has 3 atom stereocenters. The van der Waals surface area contributed by atoms with E-state index in [0.717, 1.165) is 12.5 Å². The predicted octanol–water partition coefficient (Wildman–Crippen LogP) is 1.14.